The van der Waals surface area contributed by atoms with Crippen LogP contribution in [0.5, 0.6) is 0 Å². The van der Waals surface area contributed by atoms with E-state index in [1.54, 1.807) is 20.8 Å². The Kier molecular flexibility index (Phi) is 7.68. The average Bonchev–Trinajstić information content (AvgIpc) is 2.52. The molecule has 0 aliphatic carbocycles. The van der Waals surface area contributed by atoms with Gasteiger partial charge < -0.3 is 20.7 Å². The zero-order chi connectivity index (χ0) is 20.9. The van der Waals surface area contributed by atoms with Crippen molar-refractivity contribution in [1.82, 2.24) is 20.6 Å². The predicted molar refractivity (Wildman–Crippen MR) is 99.6 cm³/mol. The summed E-state index contributed by atoms with van der Waals surface area (Å²) >= 11 is 0. The molecule has 0 spiro atoms. The maximum Gasteiger partial charge on any atom is 0.325 e. The van der Waals surface area contributed by atoms with Crippen molar-refractivity contribution in [2.45, 2.75) is 66.0 Å². The molecule has 1 aromatic rings. The molecule has 1 heterocycles. The average molecular weight is 380 g/mol. The number of nitrogens with one attached hydrogen (secondary N) is 3. The van der Waals surface area contributed by atoms with Gasteiger partial charge in [-0.25, -0.2) is 4.98 Å². The molecular formula is C18H28N4O5. The fraction of sp³-hybridized carbons (Fsp3) is 0.611. The number of aromatic nitrogens is 2. The second-order valence-corrected chi connectivity index (χ2v) is 7.30. The molecule has 0 fully saturated rings. The second kappa shape index (κ2) is 9.29. The number of hydrogen-bond donors (Lipinski definition) is 4. The molecule has 2 unspecified atom stereocenters. The molecule has 9 heteroatoms. The van der Waals surface area contributed by atoms with E-state index in [0.29, 0.717) is 12.1 Å². The van der Waals surface area contributed by atoms with E-state index < -0.39 is 29.9 Å². The summed E-state index contributed by atoms with van der Waals surface area (Å²) in [6.07, 6.45) is 0.323. The molecule has 4 N–H and O–H groups in total. The maximum atomic E-state index is 12.7. The lowest BCUT2D eigenvalue weighted by Gasteiger charge is -2.21. The second-order valence-electron chi connectivity index (χ2n) is 7.30. The third-order valence-corrected chi connectivity index (χ3v) is 3.94. The number of hydrogen-bond acceptors (Lipinski definition) is 5. The predicted octanol–water partition coefficient (Wildman–Crippen LogP) is 0.936. The SMILES string of the molecule is Cc1[nH]c(=O)c(C(C)C)nc1C(=O)NC(CC(C)C)C(=O)NC(C)C(=O)O. The van der Waals surface area contributed by atoms with Crippen LogP contribution in [0.2, 0.25) is 0 Å². The van der Waals surface area contributed by atoms with Gasteiger partial charge in [-0.2, -0.15) is 0 Å². The van der Waals surface area contributed by atoms with Crippen molar-refractivity contribution in [3.63, 3.8) is 0 Å². The van der Waals surface area contributed by atoms with E-state index in [9.17, 15) is 19.2 Å². The highest BCUT2D eigenvalue weighted by Gasteiger charge is 2.27. The molecule has 150 valence electrons. The lowest BCUT2D eigenvalue weighted by atomic mass is 10.0. The summed E-state index contributed by atoms with van der Waals surface area (Å²) < 4.78 is 0. The molecule has 0 saturated heterocycles. The van der Waals surface area contributed by atoms with Crippen LogP contribution in [0.4, 0.5) is 0 Å². The Labute approximate surface area is 158 Å². The van der Waals surface area contributed by atoms with Gasteiger partial charge >= 0.3 is 5.97 Å². The molecule has 1 aromatic heterocycles. The Morgan fingerprint density at radius 3 is 2.19 bits per heavy atom. The first-order valence-electron chi connectivity index (χ1n) is 8.88. The van der Waals surface area contributed by atoms with E-state index >= 15 is 0 Å². The van der Waals surface area contributed by atoms with Crippen molar-refractivity contribution in [3.8, 4) is 0 Å². The molecule has 0 aliphatic heterocycles. The molecule has 0 radical (unpaired) electrons. The summed E-state index contributed by atoms with van der Waals surface area (Å²) in [6.45, 7) is 10.2. The normalized spacial score (nSPS) is 13.3. The van der Waals surface area contributed by atoms with Crippen molar-refractivity contribution in [1.29, 1.82) is 0 Å². The van der Waals surface area contributed by atoms with Crippen LogP contribution in [0.25, 0.3) is 0 Å². The highest BCUT2D eigenvalue weighted by molar-refractivity contribution is 5.97. The summed E-state index contributed by atoms with van der Waals surface area (Å²) in [5.74, 6) is -2.45. The van der Waals surface area contributed by atoms with Crippen molar-refractivity contribution in [2.24, 2.45) is 5.92 Å². The molecule has 9 nitrogen and oxygen atoms in total. The van der Waals surface area contributed by atoms with E-state index in [-0.39, 0.29) is 28.8 Å². The smallest absolute Gasteiger partial charge is 0.325 e. The minimum Gasteiger partial charge on any atom is -0.480 e. The molecule has 0 aliphatic rings. The van der Waals surface area contributed by atoms with Gasteiger partial charge in [0.05, 0.1) is 0 Å². The Balaban J connectivity index is 3.10. The number of carboxylic acid groups (broad SMARTS) is 1. The number of aryl methyl sites for hydroxylation is 1. The topological polar surface area (TPSA) is 141 Å². The Morgan fingerprint density at radius 1 is 1.11 bits per heavy atom. The van der Waals surface area contributed by atoms with Crippen LogP contribution < -0.4 is 16.2 Å². The first-order valence-corrected chi connectivity index (χ1v) is 8.88. The van der Waals surface area contributed by atoms with Gasteiger partial charge in [0.1, 0.15) is 23.5 Å². The van der Waals surface area contributed by atoms with E-state index in [4.69, 9.17) is 5.11 Å². The number of carboxylic acids is 1. The van der Waals surface area contributed by atoms with Crippen LogP contribution in [0.3, 0.4) is 0 Å². The number of nitrogens with zero attached hydrogens (tertiary/aromatic N) is 1. The first-order chi connectivity index (χ1) is 12.4. The fourth-order valence-corrected chi connectivity index (χ4v) is 2.47. The molecule has 2 atom stereocenters. The fourth-order valence-electron chi connectivity index (χ4n) is 2.47. The van der Waals surface area contributed by atoms with Crippen LogP contribution in [-0.4, -0.2) is 44.9 Å². The molecule has 0 aromatic carbocycles. The van der Waals surface area contributed by atoms with Crippen molar-refractivity contribution < 1.29 is 19.5 Å². The Bertz CT molecular complexity index is 770. The highest BCUT2D eigenvalue weighted by atomic mass is 16.4. The number of aromatic amines is 1. The summed E-state index contributed by atoms with van der Waals surface area (Å²) in [5, 5.41) is 13.9. The number of aliphatic carboxylic acids is 1. The van der Waals surface area contributed by atoms with Crippen LogP contribution in [0, 0.1) is 12.8 Å². The monoisotopic (exact) mass is 380 g/mol. The molecule has 1 rings (SSSR count). The first kappa shape index (κ1) is 22.3. The van der Waals surface area contributed by atoms with Gasteiger partial charge in [0.15, 0.2) is 0 Å². The molecule has 0 saturated carbocycles. The van der Waals surface area contributed by atoms with Gasteiger partial charge in [0.25, 0.3) is 11.5 Å². The van der Waals surface area contributed by atoms with Crippen LogP contribution in [-0.2, 0) is 9.59 Å². The number of rotatable bonds is 8. The third-order valence-electron chi connectivity index (χ3n) is 3.94. The van der Waals surface area contributed by atoms with Gasteiger partial charge in [-0.15, -0.1) is 0 Å². The standard InChI is InChI=1S/C18H28N4O5/c1-8(2)7-12(15(23)20-11(6)18(26)27)21-17(25)14-10(5)19-16(24)13(22-14)9(3)4/h8-9,11-12H,7H2,1-6H3,(H,19,24)(H,20,23)(H,21,25)(H,26,27). The van der Waals surface area contributed by atoms with Gasteiger partial charge in [-0.3, -0.25) is 19.2 Å². The zero-order valence-corrected chi connectivity index (χ0v) is 16.5. The van der Waals surface area contributed by atoms with E-state index in [2.05, 4.69) is 20.6 Å². The Hall–Kier alpha value is -2.71. The van der Waals surface area contributed by atoms with Crippen molar-refractivity contribution >= 4 is 17.8 Å². The lowest BCUT2D eigenvalue weighted by molar-refractivity contribution is -0.141. The summed E-state index contributed by atoms with van der Waals surface area (Å²) in [5.41, 5.74) is 0.205. The minimum absolute atomic E-state index is 0.0335. The van der Waals surface area contributed by atoms with Crippen LogP contribution in [0.1, 0.15) is 68.8 Å². The van der Waals surface area contributed by atoms with E-state index in [1.807, 2.05) is 13.8 Å². The highest BCUT2D eigenvalue weighted by Crippen LogP contribution is 2.11. The van der Waals surface area contributed by atoms with E-state index in [1.165, 1.54) is 6.92 Å². The summed E-state index contributed by atoms with van der Waals surface area (Å²) in [4.78, 5) is 54.8. The summed E-state index contributed by atoms with van der Waals surface area (Å²) in [7, 11) is 0. The molecular weight excluding hydrogens is 352 g/mol. The molecule has 0 bridgehead atoms. The van der Waals surface area contributed by atoms with Crippen LogP contribution in [0.15, 0.2) is 4.79 Å². The number of carbonyl (C=O) groups excluding carboxylic acids is 2. The summed E-state index contributed by atoms with van der Waals surface area (Å²) in [6, 6.07) is -2.00. The quantitative estimate of drug-likeness (QED) is 0.529. The van der Waals surface area contributed by atoms with Gasteiger partial charge in [-0.1, -0.05) is 27.7 Å². The largest absolute Gasteiger partial charge is 0.480 e. The van der Waals surface area contributed by atoms with E-state index in [0.717, 1.165) is 0 Å². The Morgan fingerprint density at radius 2 is 1.70 bits per heavy atom. The van der Waals surface area contributed by atoms with Crippen LogP contribution >= 0.6 is 0 Å². The van der Waals surface area contributed by atoms with Crippen molar-refractivity contribution in [3.05, 3.63) is 27.4 Å². The zero-order valence-electron chi connectivity index (χ0n) is 16.5. The third kappa shape index (κ3) is 6.19. The number of H-pyrrole nitrogens is 1. The molecule has 27 heavy (non-hydrogen) atoms. The maximum absolute atomic E-state index is 12.7. The van der Waals surface area contributed by atoms with Gasteiger partial charge in [0, 0.05) is 11.6 Å². The van der Waals surface area contributed by atoms with Gasteiger partial charge in [-0.05, 0) is 26.2 Å². The van der Waals surface area contributed by atoms with Gasteiger partial charge in [0.2, 0.25) is 5.91 Å². The number of amides is 2. The minimum atomic E-state index is -1.17. The lowest BCUT2D eigenvalue weighted by Crippen LogP contribution is -2.51. The molecule has 2 amide bonds. The number of carbonyl (C=O) groups is 3. The van der Waals surface area contributed by atoms with Crippen molar-refractivity contribution in [2.75, 3.05) is 0 Å².